The van der Waals surface area contributed by atoms with Crippen LogP contribution in [0.1, 0.15) is 24.4 Å². The molecule has 1 rings (SSSR count). The van der Waals surface area contributed by atoms with Gasteiger partial charge in [-0.25, -0.2) is 4.39 Å². The van der Waals surface area contributed by atoms with Crippen molar-refractivity contribution in [3.63, 3.8) is 0 Å². The standard InChI is InChI=1S/C11H12BrF4N/c1-17-10(4-5-11(14,15)16)7-2-3-9(13)8(12)6-7/h2-3,6,10,17H,4-5H2,1H3. The molecule has 1 N–H and O–H groups in total. The van der Waals surface area contributed by atoms with E-state index in [4.69, 9.17) is 0 Å². The van der Waals surface area contributed by atoms with Crippen molar-refractivity contribution < 1.29 is 17.6 Å². The molecule has 0 bridgehead atoms. The van der Waals surface area contributed by atoms with Crippen LogP contribution in [0.15, 0.2) is 22.7 Å². The van der Waals surface area contributed by atoms with Gasteiger partial charge in [0.2, 0.25) is 0 Å². The lowest BCUT2D eigenvalue weighted by Crippen LogP contribution is -2.19. The Morgan fingerprint density at radius 3 is 2.47 bits per heavy atom. The van der Waals surface area contributed by atoms with Crippen LogP contribution in [0.5, 0.6) is 0 Å². The lowest BCUT2D eigenvalue weighted by Gasteiger charge is -2.18. The summed E-state index contributed by atoms with van der Waals surface area (Å²) in [5.74, 6) is -0.431. The second kappa shape index (κ2) is 5.82. The number of rotatable bonds is 4. The van der Waals surface area contributed by atoms with Crippen molar-refractivity contribution in [2.75, 3.05) is 7.05 Å². The largest absolute Gasteiger partial charge is 0.389 e. The Morgan fingerprint density at radius 1 is 1.35 bits per heavy atom. The molecule has 0 amide bonds. The molecule has 0 saturated carbocycles. The smallest absolute Gasteiger partial charge is 0.313 e. The number of alkyl halides is 3. The highest BCUT2D eigenvalue weighted by Crippen LogP contribution is 2.29. The first-order valence-corrected chi connectivity index (χ1v) is 5.82. The van der Waals surface area contributed by atoms with E-state index in [9.17, 15) is 17.6 Å². The zero-order valence-corrected chi connectivity index (χ0v) is 10.7. The molecule has 0 heterocycles. The zero-order chi connectivity index (χ0) is 13.1. The molecule has 1 unspecified atom stereocenters. The first kappa shape index (κ1) is 14.4. The van der Waals surface area contributed by atoms with Crippen LogP contribution in [-0.4, -0.2) is 13.2 Å². The Bertz CT molecular complexity index is 378. The third kappa shape index (κ3) is 4.63. The quantitative estimate of drug-likeness (QED) is 0.822. The summed E-state index contributed by atoms with van der Waals surface area (Å²) in [5, 5.41) is 2.79. The maximum absolute atomic E-state index is 13.0. The van der Waals surface area contributed by atoms with Gasteiger partial charge in [0.25, 0.3) is 0 Å². The Morgan fingerprint density at radius 2 is 2.00 bits per heavy atom. The predicted molar refractivity (Wildman–Crippen MR) is 61.2 cm³/mol. The van der Waals surface area contributed by atoms with E-state index in [2.05, 4.69) is 21.2 Å². The summed E-state index contributed by atoms with van der Waals surface area (Å²) in [5.41, 5.74) is 0.630. The van der Waals surface area contributed by atoms with Gasteiger partial charge in [-0.15, -0.1) is 0 Å². The molecule has 1 nitrogen and oxygen atoms in total. The number of hydrogen-bond acceptors (Lipinski definition) is 1. The lowest BCUT2D eigenvalue weighted by atomic mass is 10.0. The van der Waals surface area contributed by atoms with Crippen LogP contribution >= 0.6 is 15.9 Å². The maximum Gasteiger partial charge on any atom is 0.389 e. The van der Waals surface area contributed by atoms with E-state index in [0.717, 1.165) is 0 Å². The van der Waals surface area contributed by atoms with E-state index in [-0.39, 0.29) is 10.9 Å². The summed E-state index contributed by atoms with van der Waals surface area (Å²) in [6.45, 7) is 0. The number of halogens is 5. The number of nitrogens with one attached hydrogen (secondary N) is 1. The Labute approximate surface area is 105 Å². The molecule has 6 heteroatoms. The summed E-state index contributed by atoms with van der Waals surface area (Å²) in [6, 6.07) is 3.77. The van der Waals surface area contributed by atoms with E-state index >= 15 is 0 Å². The van der Waals surface area contributed by atoms with Gasteiger partial charge in [-0.1, -0.05) is 6.07 Å². The van der Waals surface area contributed by atoms with Crippen LogP contribution in [0.25, 0.3) is 0 Å². The van der Waals surface area contributed by atoms with Crippen LogP contribution in [0.3, 0.4) is 0 Å². The molecular weight excluding hydrogens is 302 g/mol. The first-order valence-electron chi connectivity index (χ1n) is 5.02. The highest BCUT2D eigenvalue weighted by molar-refractivity contribution is 9.10. The monoisotopic (exact) mass is 313 g/mol. The molecule has 96 valence electrons. The van der Waals surface area contributed by atoms with Gasteiger partial charge in [0, 0.05) is 12.5 Å². The molecule has 0 aliphatic heterocycles. The van der Waals surface area contributed by atoms with Crippen LogP contribution < -0.4 is 5.32 Å². The topological polar surface area (TPSA) is 12.0 Å². The van der Waals surface area contributed by atoms with Crippen molar-refractivity contribution >= 4 is 15.9 Å². The molecule has 1 aromatic rings. The van der Waals surface area contributed by atoms with Crippen molar-refractivity contribution in [2.24, 2.45) is 0 Å². The van der Waals surface area contributed by atoms with Gasteiger partial charge in [0.15, 0.2) is 0 Å². The molecule has 17 heavy (non-hydrogen) atoms. The van der Waals surface area contributed by atoms with E-state index in [1.54, 1.807) is 7.05 Å². The fraction of sp³-hybridized carbons (Fsp3) is 0.455. The van der Waals surface area contributed by atoms with Crippen LogP contribution in [0, 0.1) is 5.82 Å². The molecule has 1 aromatic carbocycles. The van der Waals surface area contributed by atoms with E-state index < -0.39 is 24.5 Å². The van der Waals surface area contributed by atoms with E-state index in [1.807, 2.05) is 0 Å². The number of hydrogen-bond donors (Lipinski definition) is 1. The van der Waals surface area contributed by atoms with Crippen molar-refractivity contribution in [3.05, 3.63) is 34.1 Å². The molecule has 0 aliphatic rings. The van der Waals surface area contributed by atoms with Gasteiger partial charge >= 0.3 is 6.18 Å². The van der Waals surface area contributed by atoms with Crippen molar-refractivity contribution in [1.82, 2.24) is 5.32 Å². The maximum atomic E-state index is 13.0. The molecule has 0 spiro atoms. The molecule has 0 radical (unpaired) electrons. The summed E-state index contributed by atoms with van der Waals surface area (Å²) in [6.07, 6.45) is -5.11. The van der Waals surface area contributed by atoms with Gasteiger partial charge in [-0.2, -0.15) is 13.2 Å². The molecule has 0 fully saturated rings. The minimum Gasteiger partial charge on any atom is -0.313 e. The highest BCUT2D eigenvalue weighted by atomic mass is 79.9. The average Bonchev–Trinajstić information content (AvgIpc) is 2.22. The molecular formula is C11H12BrF4N. The van der Waals surface area contributed by atoms with Crippen molar-refractivity contribution in [3.8, 4) is 0 Å². The van der Waals surface area contributed by atoms with Gasteiger partial charge in [-0.3, -0.25) is 0 Å². The Kier molecular flexibility index (Phi) is 4.94. The highest BCUT2D eigenvalue weighted by Gasteiger charge is 2.28. The Balaban J connectivity index is 2.76. The number of benzene rings is 1. The predicted octanol–water partition coefficient (Wildman–Crippen LogP) is 4.19. The zero-order valence-electron chi connectivity index (χ0n) is 9.11. The lowest BCUT2D eigenvalue weighted by molar-refractivity contribution is -0.136. The van der Waals surface area contributed by atoms with Crippen LogP contribution in [0.4, 0.5) is 17.6 Å². The summed E-state index contributed by atoms with van der Waals surface area (Å²) in [4.78, 5) is 0. The first-order chi connectivity index (χ1) is 7.83. The summed E-state index contributed by atoms with van der Waals surface area (Å²) >= 11 is 3.01. The normalized spacial score (nSPS) is 13.8. The minimum absolute atomic E-state index is 0.0714. The second-order valence-corrected chi connectivity index (χ2v) is 4.52. The van der Waals surface area contributed by atoms with E-state index in [1.165, 1.54) is 18.2 Å². The van der Waals surface area contributed by atoms with Gasteiger partial charge in [0.05, 0.1) is 4.47 Å². The third-order valence-electron chi connectivity index (χ3n) is 2.41. The van der Waals surface area contributed by atoms with Crippen molar-refractivity contribution in [2.45, 2.75) is 25.1 Å². The molecule has 0 aliphatic carbocycles. The van der Waals surface area contributed by atoms with Crippen molar-refractivity contribution in [1.29, 1.82) is 0 Å². The summed E-state index contributed by atoms with van der Waals surface area (Å²) < 4.78 is 49.6. The summed E-state index contributed by atoms with van der Waals surface area (Å²) in [7, 11) is 1.58. The van der Waals surface area contributed by atoms with Crippen LogP contribution in [-0.2, 0) is 0 Å². The molecule has 1 atom stereocenters. The van der Waals surface area contributed by atoms with Gasteiger partial charge in [-0.05, 0) is 47.1 Å². The third-order valence-corrected chi connectivity index (χ3v) is 3.02. The minimum atomic E-state index is -4.17. The molecule has 0 aromatic heterocycles. The SMILES string of the molecule is CNC(CCC(F)(F)F)c1ccc(F)c(Br)c1. The fourth-order valence-corrected chi connectivity index (χ4v) is 1.91. The van der Waals surface area contributed by atoms with Crippen LogP contribution in [0.2, 0.25) is 0 Å². The fourth-order valence-electron chi connectivity index (χ4n) is 1.51. The Hall–Kier alpha value is -0.620. The average molecular weight is 314 g/mol. The molecule has 0 saturated heterocycles. The van der Waals surface area contributed by atoms with Gasteiger partial charge in [0.1, 0.15) is 5.82 Å². The van der Waals surface area contributed by atoms with E-state index in [0.29, 0.717) is 5.56 Å². The second-order valence-electron chi connectivity index (χ2n) is 3.67. The van der Waals surface area contributed by atoms with Gasteiger partial charge < -0.3 is 5.32 Å².